The Morgan fingerprint density at radius 3 is 1.16 bits per heavy atom. The van der Waals surface area contributed by atoms with Crippen molar-refractivity contribution in [1.29, 1.82) is 0 Å². The van der Waals surface area contributed by atoms with Gasteiger partial charge in [0.05, 0.1) is 82.6 Å². The van der Waals surface area contributed by atoms with Gasteiger partial charge in [-0.3, -0.25) is 0 Å². The fraction of sp³-hybridized carbons (Fsp3) is 1.00. The average molecular weight is 833 g/mol. The quantitative estimate of drug-likeness (QED) is 0.0897. The molecule has 0 aromatic carbocycles. The van der Waals surface area contributed by atoms with Crippen molar-refractivity contribution in [1.82, 2.24) is 15.1 Å². The van der Waals surface area contributed by atoms with Crippen LogP contribution in [-0.2, 0) is 0 Å². The molecule has 0 saturated carbocycles. The monoisotopic (exact) mass is 832 g/mol. The zero-order chi connectivity index (χ0) is 41.2. The van der Waals surface area contributed by atoms with Crippen LogP contribution in [0.3, 0.4) is 0 Å². The van der Waals surface area contributed by atoms with Crippen molar-refractivity contribution in [2.75, 3.05) is 130 Å². The summed E-state index contributed by atoms with van der Waals surface area (Å²) in [6.45, 7) is 15.7. The highest BCUT2D eigenvalue weighted by Gasteiger charge is 2.15. The molecule has 0 radical (unpaired) electrons. The van der Waals surface area contributed by atoms with Crippen LogP contribution in [0.2, 0.25) is 36.3 Å². The van der Waals surface area contributed by atoms with Gasteiger partial charge in [0.15, 0.2) is 0 Å². The molecule has 0 aliphatic heterocycles. The van der Waals surface area contributed by atoms with Gasteiger partial charge >= 0.3 is 0 Å². The number of nitrogens with zero attached hydrogens (tertiary/aromatic N) is 5. The first kappa shape index (κ1) is 64.0. The minimum atomic E-state index is 0.836. The van der Waals surface area contributed by atoms with E-state index in [1.54, 1.807) is 0 Å². The fourth-order valence-electron chi connectivity index (χ4n) is 4.63. The van der Waals surface area contributed by atoms with Gasteiger partial charge in [-0.05, 0) is 99.3 Å². The Kier molecular flexibility index (Phi) is 59.2. The smallest absolute Gasteiger partial charge is 0.0852 e. The van der Waals surface area contributed by atoms with E-state index in [1.807, 2.05) is 7.05 Å². The number of hydrogen-bond donors (Lipinski definition) is 1. The molecule has 0 aliphatic rings. The summed E-state index contributed by atoms with van der Waals surface area (Å²) < 4.78 is 3.37. The van der Waals surface area contributed by atoms with Crippen molar-refractivity contribution in [3.63, 3.8) is 0 Å². The number of unbranched alkanes of at least 4 members (excludes halogenated alkanes) is 4. The number of rotatable bonds is 24. The summed E-state index contributed by atoms with van der Waals surface area (Å²) in [6, 6.07) is 9.60. The zero-order valence-corrected chi connectivity index (χ0v) is 52.6. The average Bonchev–Trinajstić information content (AvgIpc) is 3.03. The van der Waals surface area contributed by atoms with Crippen molar-refractivity contribution in [2.24, 2.45) is 0 Å². The number of hydrogen-bond acceptors (Lipinski definition) is 3. The van der Waals surface area contributed by atoms with E-state index in [0.717, 1.165) is 19.5 Å². The van der Waals surface area contributed by atoms with E-state index in [-0.39, 0.29) is 0 Å². The molecule has 0 heterocycles. The summed E-state index contributed by atoms with van der Waals surface area (Å²) in [5, 5.41) is 3.12. The maximum atomic E-state index is 3.12. The van der Waals surface area contributed by atoms with E-state index in [2.05, 4.69) is 113 Å². The first-order valence-corrected chi connectivity index (χ1v) is 30.6. The van der Waals surface area contributed by atoms with Crippen LogP contribution in [0.4, 0.5) is 0 Å². The maximum Gasteiger partial charge on any atom is 0.0852 e. The van der Waals surface area contributed by atoms with E-state index < -0.39 is 0 Å². The topological polar surface area (TPSA) is 18.5 Å². The SMILES string of the molecule is CC(CC[SiH3])[N+](C)(C)C.CCN(CC)CCCC[SiH3].CN(C)CCCC[SiH3].CNCCCC[SiH3].C[N+](C)(C)CCCC[SiH3].C[N+](C)(C)CCC[SiH3]. The molecule has 51 heavy (non-hydrogen) atoms. The van der Waals surface area contributed by atoms with Gasteiger partial charge in [-0.2, -0.15) is 0 Å². The summed E-state index contributed by atoms with van der Waals surface area (Å²) in [5.41, 5.74) is 0. The van der Waals surface area contributed by atoms with E-state index >= 15 is 0 Å². The zero-order valence-electron chi connectivity index (χ0n) is 40.6. The second-order valence-electron chi connectivity index (χ2n) is 17.9. The molecule has 0 fully saturated rings. The van der Waals surface area contributed by atoms with Crippen LogP contribution in [0, 0.1) is 0 Å². The summed E-state index contributed by atoms with van der Waals surface area (Å²) in [5.74, 6) is 0. The molecule has 1 N–H and O–H groups in total. The minimum absolute atomic E-state index is 0.836. The molecular weight excluding hydrogens is 721 g/mol. The van der Waals surface area contributed by atoms with Crippen LogP contribution in [0.15, 0.2) is 0 Å². The van der Waals surface area contributed by atoms with Gasteiger partial charge in [0.25, 0.3) is 0 Å². The van der Waals surface area contributed by atoms with Gasteiger partial charge in [-0.1, -0.05) is 75.8 Å². The second-order valence-corrected chi connectivity index (χ2v) is 23.9. The molecule has 1 atom stereocenters. The van der Waals surface area contributed by atoms with Crippen LogP contribution in [0.1, 0.15) is 85.0 Å². The lowest BCUT2D eigenvalue weighted by Gasteiger charge is -2.31. The third kappa shape index (κ3) is 80.6. The molecule has 6 nitrogen and oxygen atoms in total. The Bertz CT molecular complexity index is 592. The van der Waals surface area contributed by atoms with Crippen LogP contribution >= 0.6 is 0 Å². The lowest BCUT2D eigenvalue weighted by atomic mass is 10.2. The van der Waals surface area contributed by atoms with Gasteiger partial charge in [-0.15, -0.1) is 0 Å². The van der Waals surface area contributed by atoms with Gasteiger partial charge in [0, 0.05) is 61.5 Å². The first-order chi connectivity index (χ1) is 23.6. The lowest BCUT2D eigenvalue weighted by molar-refractivity contribution is -0.894. The third-order valence-electron chi connectivity index (χ3n) is 8.86. The van der Waals surface area contributed by atoms with E-state index in [1.165, 1.54) is 208 Å². The minimum Gasteiger partial charge on any atom is -0.331 e. The maximum absolute atomic E-state index is 3.12. The van der Waals surface area contributed by atoms with Gasteiger partial charge in [-0.25, -0.2) is 0 Å². The van der Waals surface area contributed by atoms with Crippen molar-refractivity contribution < 1.29 is 13.4 Å². The Morgan fingerprint density at radius 1 is 0.510 bits per heavy atom. The highest BCUT2D eigenvalue weighted by atomic mass is 28.2. The van der Waals surface area contributed by atoms with E-state index in [0.29, 0.717) is 0 Å². The Hall–Kier alpha value is 1.06. The predicted octanol–water partition coefficient (Wildman–Crippen LogP) is 1.15. The predicted molar refractivity (Wildman–Crippen MR) is 268 cm³/mol. The van der Waals surface area contributed by atoms with Crippen LogP contribution in [0.5, 0.6) is 0 Å². The van der Waals surface area contributed by atoms with Crippen molar-refractivity contribution >= 4 is 61.5 Å². The van der Waals surface area contributed by atoms with Gasteiger partial charge < -0.3 is 28.6 Å². The molecular formula is C39H111N6Si6+3. The van der Waals surface area contributed by atoms with E-state index in [9.17, 15) is 0 Å². The molecule has 0 saturated heterocycles. The summed E-state index contributed by atoms with van der Waals surface area (Å²) >= 11 is 0. The first-order valence-electron chi connectivity index (χ1n) is 22.1. The van der Waals surface area contributed by atoms with Gasteiger partial charge in [0.1, 0.15) is 0 Å². The standard InChI is InChI=1S/C8H21NSi.2C7H20NSi.C6H18NSi.C6H17NSi.C5H15NSi/c1-3-9(4-2)7-5-6-8-10;1-7(5-6-9)8(2,3)4;1-8(2,3)6-4-5-7-9;1-7(2,3)5-4-6-8;1-7(2)5-3-4-6-8;1-6-4-2-3-5-7/h3-8H2,1-2,10H3;7H,5-6H2,1-4,9H3;4-7H2,1-3,9H3;4-6H2,1-3,8H3;3-6H2,1-2,8H3;6H,2-5H2,1,7H3/q;3*+1;;. The Labute approximate surface area is 346 Å². The second kappa shape index (κ2) is 47.2. The third-order valence-corrected chi connectivity index (χ3v) is 13.0. The Morgan fingerprint density at radius 2 is 0.882 bits per heavy atom. The number of quaternary nitrogens is 3. The molecule has 0 rings (SSSR count). The molecule has 318 valence electrons. The molecule has 0 amide bonds. The summed E-state index contributed by atoms with van der Waals surface area (Å²) in [6.07, 6.45) is 14.1. The lowest BCUT2D eigenvalue weighted by Crippen LogP contribution is -2.42. The molecule has 0 bridgehead atoms. The molecule has 0 aromatic heterocycles. The molecule has 0 aromatic rings. The van der Waals surface area contributed by atoms with E-state index in [4.69, 9.17) is 0 Å². The Balaban J connectivity index is -0.000000120. The molecule has 12 heteroatoms. The largest absolute Gasteiger partial charge is 0.331 e. The highest BCUT2D eigenvalue weighted by molar-refractivity contribution is 6.09. The van der Waals surface area contributed by atoms with Crippen LogP contribution in [0.25, 0.3) is 0 Å². The molecule has 0 aliphatic carbocycles. The molecule has 1 unspecified atom stereocenters. The van der Waals surface area contributed by atoms with Crippen LogP contribution < -0.4 is 5.32 Å². The summed E-state index contributed by atoms with van der Waals surface area (Å²) in [7, 11) is 34.8. The highest BCUT2D eigenvalue weighted by Crippen LogP contribution is 2.07. The normalized spacial score (nSPS) is 12.2. The molecule has 0 spiro atoms. The van der Waals surface area contributed by atoms with Gasteiger partial charge in [0.2, 0.25) is 0 Å². The summed E-state index contributed by atoms with van der Waals surface area (Å²) in [4.78, 5) is 4.74. The van der Waals surface area contributed by atoms with Crippen molar-refractivity contribution in [3.8, 4) is 0 Å². The number of nitrogens with one attached hydrogen (secondary N) is 1. The van der Waals surface area contributed by atoms with Crippen LogP contribution in [-0.4, -0.2) is 221 Å². The van der Waals surface area contributed by atoms with Crippen molar-refractivity contribution in [3.05, 3.63) is 0 Å². The fourth-order valence-corrected chi connectivity index (χ4v) is 7.78. The van der Waals surface area contributed by atoms with Crippen molar-refractivity contribution in [2.45, 2.75) is 127 Å².